The van der Waals surface area contributed by atoms with E-state index in [1.165, 1.54) is 5.56 Å². The van der Waals surface area contributed by atoms with Gasteiger partial charge in [0, 0.05) is 23.8 Å². The first kappa shape index (κ1) is 22.4. The van der Waals surface area contributed by atoms with E-state index in [2.05, 4.69) is 39.8 Å². The number of halogens is 1. The lowest BCUT2D eigenvalue weighted by Crippen LogP contribution is -2.49. The van der Waals surface area contributed by atoms with Crippen molar-refractivity contribution < 1.29 is 14.3 Å². The number of esters is 1. The van der Waals surface area contributed by atoms with E-state index >= 15 is 0 Å². The zero-order valence-corrected chi connectivity index (χ0v) is 18.9. The van der Waals surface area contributed by atoms with Crippen LogP contribution in [-0.2, 0) is 9.53 Å². The van der Waals surface area contributed by atoms with Gasteiger partial charge in [-0.1, -0.05) is 54.1 Å². The van der Waals surface area contributed by atoms with Gasteiger partial charge < -0.3 is 15.4 Å². The van der Waals surface area contributed by atoms with Crippen LogP contribution in [0, 0.1) is 0 Å². The number of hydrogen-bond donors (Lipinski definition) is 2. The number of hydrogen-bond acceptors (Lipinski definition) is 4. The molecular weight excluding hydrogens is 426 g/mol. The molecule has 2 aromatic carbocycles. The average molecular weight is 454 g/mol. The fraction of sp³-hybridized carbons (Fsp3) is 0.360. The monoisotopic (exact) mass is 453 g/mol. The number of carbonyl (C=O) groups excluding carboxylic acids is 2. The van der Waals surface area contributed by atoms with E-state index in [9.17, 15) is 9.59 Å². The molecule has 2 aliphatic rings. The van der Waals surface area contributed by atoms with Crippen LogP contribution in [0.4, 0.5) is 4.79 Å². The van der Waals surface area contributed by atoms with Gasteiger partial charge in [0.05, 0.1) is 18.2 Å². The summed E-state index contributed by atoms with van der Waals surface area (Å²) in [7, 11) is 0. The molecule has 0 unspecified atom stereocenters. The lowest BCUT2D eigenvalue weighted by molar-refractivity contribution is -0.139. The Hall–Kier alpha value is -2.83. The van der Waals surface area contributed by atoms with Crippen LogP contribution in [-0.4, -0.2) is 43.1 Å². The molecule has 2 aromatic rings. The molecule has 2 atom stereocenters. The van der Waals surface area contributed by atoms with Gasteiger partial charge in [-0.3, -0.25) is 4.90 Å². The molecular formula is C25H28ClN3O3. The second kappa shape index (κ2) is 10.2. The second-order valence-corrected chi connectivity index (χ2v) is 8.62. The summed E-state index contributed by atoms with van der Waals surface area (Å²) in [6, 6.07) is 16.7. The lowest BCUT2D eigenvalue weighted by Gasteiger charge is -2.36. The number of likely N-dealkylation sites (tertiary alicyclic amines) is 1. The Bertz CT molecular complexity index is 991. The highest BCUT2D eigenvalue weighted by Gasteiger charge is 2.35. The third kappa shape index (κ3) is 5.14. The highest BCUT2D eigenvalue weighted by atomic mass is 35.5. The fourth-order valence-electron chi connectivity index (χ4n) is 4.52. The number of carbonyl (C=O) groups is 2. The maximum atomic E-state index is 13.0. The molecule has 1 fully saturated rings. The van der Waals surface area contributed by atoms with Gasteiger partial charge in [0.1, 0.15) is 0 Å². The van der Waals surface area contributed by atoms with Gasteiger partial charge >= 0.3 is 12.0 Å². The summed E-state index contributed by atoms with van der Waals surface area (Å²) in [6.45, 7) is 4.31. The summed E-state index contributed by atoms with van der Waals surface area (Å²) < 4.78 is 5.37. The van der Waals surface area contributed by atoms with Gasteiger partial charge in [0.2, 0.25) is 0 Å². The van der Waals surface area contributed by atoms with E-state index < -0.39 is 12.0 Å². The Kier molecular flexibility index (Phi) is 7.12. The summed E-state index contributed by atoms with van der Waals surface area (Å²) >= 11 is 6.04. The third-order valence-corrected chi connectivity index (χ3v) is 6.26. The molecule has 168 valence electrons. The second-order valence-electron chi connectivity index (χ2n) is 8.18. The van der Waals surface area contributed by atoms with Crippen LogP contribution < -0.4 is 10.6 Å². The van der Waals surface area contributed by atoms with Crippen LogP contribution in [0.2, 0.25) is 5.02 Å². The zero-order valence-electron chi connectivity index (χ0n) is 18.1. The molecule has 2 heterocycles. The quantitative estimate of drug-likeness (QED) is 0.636. The number of piperidine rings is 1. The molecule has 0 aromatic heterocycles. The van der Waals surface area contributed by atoms with Crippen molar-refractivity contribution >= 4 is 23.6 Å². The molecule has 0 bridgehead atoms. The smallest absolute Gasteiger partial charge is 0.338 e. The Balaban J connectivity index is 1.63. The van der Waals surface area contributed by atoms with Gasteiger partial charge in [-0.2, -0.15) is 0 Å². The largest absolute Gasteiger partial charge is 0.463 e. The summed E-state index contributed by atoms with van der Waals surface area (Å²) in [5.74, 6) is 0.00708. The highest BCUT2D eigenvalue weighted by Crippen LogP contribution is 2.31. The SMILES string of the molecule is CCOC(=O)C1=C(CN2CCC[C@H](c3ccccc3)C2)NC(=O)N[C@H]1c1ccc(Cl)cc1. The van der Waals surface area contributed by atoms with Gasteiger partial charge in [-0.25, -0.2) is 9.59 Å². The van der Waals surface area contributed by atoms with Crippen LogP contribution in [0.5, 0.6) is 0 Å². The normalized spacial score (nSPS) is 21.6. The summed E-state index contributed by atoms with van der Waals surface area (Å²) in [5.41, 5.74) is 3.15. The van der Waals surface area contributed by atoms with Crippen LogP contribution in [0.25, 0.3) is 0 Å². The van der Waals surface area contributed by atoms with E-state index in [1.54, 1.807) is 19.1 Å². The number of nitrogens with one attached hydrogen (secondary N) is 2. The number of urea groups is 1. The van der Waals surface area contributed by atoms with Crippen molar-refractivity contribution in [2.24, 2.45) is 0 Å². The Labute approximate surface area is 193 Å². The van der Waals surface area contributed by atoms with Crippen molar-refractivity contribution in [2.45, 2.75) is 31.7 Å². The highest BCUT2D eigenvalue weighted by molar-refractivity contribution is 6.30. The Morgan fingerprint density at radius 3 is 2.59 bits per heavy atom. The van der Waals surface area contributed by atoms with Crippen molar-refractivity contribution in [3.63, 3.8) is 0 Å². The maximum Gasteiger partial charge on any atom is 0.338 e. The molecule has 32 heavy (non-hydrogen) atoms. The van der Waals surface area contributed by atoms with E-state index in [0.717, 1.165) is 31.5 Å². The number of amides is 2. The van der Waals surface area contributed by atoms with E-state index in [1.807, 2.05) is 18.2 Å². The van der Waals surface area contributed by atoms with E-state index in [0.29, 0.717) is 28.8 Å². The van der Waals surface area contributed by atoms with Crippen molar-refractivity contribution in [3.05, 3.63) is 82.0 Å². The Morgan fingerprint density at radius 2 is 1.88 bits per heavy atom. The molecule has 4 rings (SSSR count). The first-order valence-corrected chi connectivity index (χ1v) is 11.4. The zero-order chi connectivity index (χ0) is 22.5. The van der Waals surface area contributed by atoms with Crippen LogP contribution in [0.15, 0.2) is 65.9 Å². The number of nitrogens with zero attached hydrogens (tertiary/aromatic N) is 1. The molecule has 2 aliphatic heterocycles. The molecule has 0 spiro atoms. The van der Waals surface area contributed by atoms with Gasteiger partial charge in [-0.15, -0.1) is 0 Å². The van der Waals surface area contributed by atoms with Gasteiger partial charge in [0.25, 0.3) is 0 Å². The van der Waals surface area contributed by atoms with E-state index in [-0.39, 0.29) is 12.6 Å². The summed E-state index contributed by atoms with van der Waals surface area (Å²) in [5, 5.41) is 6.35. The van der Waals surface area contributed by atoms with Crippen molar-refractivity contribution in [3.8, 4) is 0 Å². The standard InChI is InChI=1S/C25H28ClN3O3/c1-2-32-24(30)22-21(27-25(31)28-23(22)18-10-12-20(26)13-11-18)16-29-14-6-9-19(15-29)17-7-4-3-5-8-17/h3-5,7-8,10-13,19,23H,2,6,9,14-16H2,1H3,(H2,27,28,31)/t19-,23-/m0/s1. The third-order valence-electron chi connectivity index (χ3n) is 6.01. The van der Waals surface area contributed by atoms with E-state index in [4.69, 9.17) is 16.3 Å². The predicted molar refractivity (Wildman–Crippen MR) is 124 cm³/mol. The van der Waals surface area contributed by atoms with Crippen LogP contribution in [0.3, 0.4) is 0 Å². The molecule has 0 radical (unpaired) electrons. The van der Waals surface area contributed by atoms with Crippen LogP contribution in [0.1, 0.15) is 42.9 Å². The maximum absolute atomic E-state index is 13.0. The molecule has 1 saturated heterocycles. The molecule has 7 heteroatoms. The topological polar surface area (TPSA) is 70.7 Å². The fourth-order valence-corrected chi connectivity index (χ4v) is 4.64. The predicted octanol–water partition coefficient (Wildman–Crippen LogP) is 4.39. The van der Waals surface area contributed by atoms with Crippen LogP contribution >= 0.6 is 11.6 Å². The summed E-state index contributed by atoms with van der Waals surface area (Å²) in [6.07, 6.45) is 2.19. The van der Waals surface area contributed by atoms with Gasteiger partial charge in [-0.05, 0) is 55.5 Å². The molecule has 2 N–H and O–H groups in total. The summed E-state index contributed by atoms with van der Waals surface area (Å²) in [4.78, 5) is 27.8. The van der Waals surface area contributed by atoms with Crippen molar-refractivity contribution in [1.82, 2.24) is 15.5 Å². The Morgan fingerprint density at radius 1 is 1.12 bits per heavy atom. The van der Waals surface area contributed by atoms with Gasteiger partial charge in [0.15, 0.2) is 0 Å². The minimum Gasteiger partial charge on any atom is -0.463 e. The first-order valence-electron chi connectivity index (χ1n) is 11.1. The number of benzene rings is 2. The minimum absolute atomic E-state index is 0.261. The molecule has 0 saturated carbocycles. The molecule has 2 amide bonds. The number of ether oxygens (including phenoxy) is 1. The molecule has 0 aliphatic carbocycles. The lowest BCUT2D eigenvalue weighted by atomic mass is 9.90. The number of rotatable bonds is 6. The minimum atomic E-state index is -0.593. The van der Waals surface area contributed by atoms with Crippen molar-refractivity contribution in [2.75, 3.05) is 26.2 Å². The average Bonchev–Trinajstić information content (AvgIpc) is 2.80. The molecule has 6 nitrogen and oxygen atoms in total. The van der Waals surface area contributed by atoms with Crippen molar-refractivity contribution in [1.29, 1.82) is 0 Å². The first-order chi connectivity index (χ1) is 15.5.